The van der Waals surface area contributed by atoms with Gasteiger partial charge in [0, 0.05) is 23.5 Å². The molecule has 0 fully saturated rings. The Kier molecular flexibility index (Phi) is 5.94. The number of amidine groups is 1. The molecular formula is C19H19N5O2S. The number of carbonyl (C=O) groups excluding carboxylic acids is 1. The highest BCUT2D eigenvalue weighted by molar-refractivity contribution is 8.14. The van der Waals surface area contributed by atoms with Crippen molar-refractivity contribution in [3.63, 3.8) is 0 Å². The fraction of sp³-hybridized carbons (Fsp3) is 0.263. The molecule has 7 nitrogen and oxygen atoms in total. The summed E-state index contributed by atoms with van der Waals surface area (Å²) in [6.45, 7) is 2.10. The Labute approximate surface area is 161 Å². The van der Waals surface area contributed by atoms with Crippen LogP contribution in [0, 0.1) is 11.3 Å². The van der Waals surface area contributed by atoms with E-state index in [-0.39, 0.29) is 11.3 Å². The van der Waals surface area contributed by atoms with E-state index in [4.69, 9.17) is 4.74 Å². The Morgan fingerprint density at radius 1 is 1.41 bits per heavy atom. The second kappa shape index (κ2) is 8.56. The number of methoxy groups -OCH3 is 1. The molecule has 2 heterocycles. The first-order valence-electron chi connectivity index (χ1n) is 8.50. The summed E-state index contributed by atoms with van der Waals surface area (Å²) < 4.78 is 5.40. The first kappa shape index (κ1) is 18.7. The van der Waals surface area contributed by atoms with Crippen LogP contribution in [0.5, 0.6) is 5.75 Å². The summed E-state index contributed by atoms with van der Waals surface area (Å²) in [5, 5.41) is 16.9. The molecule has 138 valence electrons. The number of rotatable bonds is 5. The van der Waals surface area contributed by atoms with Crippen molar-refractivity contribution in [3.05, 3.63) is 47.8 Å². The standard InChI is InChI=1S/C19H19N5O2S/c1-3-4-17-23-24-19(27-17)22-18(25)13-7-8-21-11-15(13)14-9-12(10-20)5-6-16(14)26-2/h5-9,11,17,23H,3-4H2,1-2H3,(H,22,24,25). The third kappa shape index (κ3) is 4.20. The highest BCUT2D eigenvalue weighted by Gasteiger charge is 2.22. The molecule has 0 bridgehead atoms. The molecule has 1 aromatic carbocycles. The van der Waals surface area contributed by atoms with E-state index in [1.54, 1.807) is 43.8 Å². The predicted molar refractivity (Wildman–Crippen MR) is 105 cm³/mol. The molecule has 0 aliphatic carbocycles. The Hall–Kier alpha value is -3.05. The Balaban J connectivity index is 1.89. The van der Waals surface area contributed by atoms with E-state index >= 15 is 0 Å². The summed E-state index contributed by atoms with van der Waals surface area (Å²) in [6, 6.07) is 8.81. The maximum atomic E-state index is 12.8. The summed E-state index contributed by atoms with van der Waals surface area (Å²) >= 11 is 1.50. The van der Waals surface area contributed by atoms with Crippen LogP contribution in [0.15, 0.2) is 41.8 Å². The maximum absolute atomic E-state index is 12.8. The van der Waals surface area contributed by atoms with Gasteiger partial charge >= 0.3 is 0 Å². The molecule has 2 aromatic rings. The second-order valence-corrected chi connectivity index (χ2v) is 7.03. The van der Waals surface area contributed by atoms with Crippen LogP contribution >= 0.6 is 11.8 Å². The zero-order valence-electron chi connectivity index (χ0n) is 15.0. The van der Waals surface area contributed by atoms with E-state index < -0.39 is 0 Å². The molecule has 1 unspecified atom stereocenters. The number of ether oxygens (including phenoxy) is 1. The van der Waals surface area contributed by atoms with Crippen LogP contribution in [0.4, 0.5) is 0 Å². The van der Waals surface area contributed by atoms with Crippen molar-refractivity contribution in [3.8, 4) is 22.9 Å². The molecular weight excluding hydrogens is 362 g/mol. The van der Waals surface area contributed by atoms with Gasteiger partial charge in [-0.05, 0) is 30.7 Å². The van der Waals surface area contributed by atoms with Crippen LogP contribution in [0.25, 0.3) is 11.1 Å². The largest absolute Gasteiger partial charge is 0.496 e. The molecule has 0 saturated heterocycles. The molecule has 1 aliphatic rings. The monoisotopic (exact) mass is 381 g/mol. The number of nitrogens with zero attached hydrogens (tertiary/aromatic N) is 3. The predicted octanol–water partition coefficient (Wildman–Crippen LogP) is 3.09. The van der Waals surface area contributed by atoms with Gasteiger partial charge in [0.2, 0.25) is 0 Å². The average molecular weight is 381 g/mol. The molecule has 27 heavy (non-hydrogen) atoms. The van der Waals surface area contributed by atoms with Crippen molar-refractivity contribution in [1.82, 2.24) is 15.7 Å². The van der Waals surface area contributed by atoms with Crippen molar-refractivity contribution in [2.45, 2.75) is 25.1 Å². The van der Waals surface area contributed by atoms with Gasteiger partial charge in [-0.3, -0.25) is 20.5 Å². The first-order chi connectivity index (χ1) is 13.2. The van der Waals surface area contributed by atoms with Gasteiger partial charge in [0.05, 0.1) is 29.7 Å². The van der Waals surface area contributed by atoms with Gasteiger partial charge in [0.15, 0.2) is 5.17 Å². The van der Waals surface area contributed by atoms with E-state index in [0.717, 1.165) is 12.8 Å². The second-order valence-electron chi connectivity index (χ2n) is 5.84. The van der Waals surface area contributed by atoms with Crippen molar-refractivity contribution in [1.29, 1.82) is 5.26 Å². The normalized spacial score (nSPS) is 15.4. The maximum Gasteiger partial charge on any atom is 0.258 e. The third-order valence-electron chi connectivity index (χ3n) is 4.02. The number of benzene rings is 1. The van der Waals surface area contributed by atoms with Crippen molar-refractivity contribution < 1.29 is 9.53 Å². The topological polar surface area (TPSA) is 99.4 Å². The number of nitrogens with one attached hydrogen (secondary N) is 2. The summed E-state index contributed by atoms with van der Waals surface area (Å²) in [4.78, 5) is 17.0. The lowest BCUT2D eigenvalue weighted by molar-refractivity contribution is 0.0978. The lowest BCUT2D eigenvalue weighted by atomic mass is 9.99. The van der Waals surface area contributed by atoms with Gasteiger partial charge in [-0.1, -0.05) is 25.1 Å². The van der Waals surface area contributed by atoms with Gasteiger partial charge < -0.3 is 4.74 Å². The number of hydrogen-bond acceptors (Lipinski definition) is 7. The number of hydrogen-bond donors (Lipinski definition) is 2. The molecule has 0 radical (unpaired) electrons. The zero-order chi connectivity index (χ0) is 19.2. The average Bonchev–Trinajstić information content (AvgIpc) is 3.14. The van der Waals surface area contributed by atoms with Crippen molar-refractivity contribution in [2.24, 2.45) is 5.10 Å². The Bertz CT molecular complexity index is 923. The number of nitriles is 1. The minimum absolute atomic E-state index is 0.176. The smallest absolute Gasteiger partial charge is 0.258 e. The number of hydrazone groups is 1. The van der Waals surface area contributed by atoms with E-state index in [2.05, 4.69) is 33.8 Å². The number of carbonyl (C=O) groups is 1. The van der Waals surface area contributed by atoms with Gasteiger partial charge in [-0.2, -0.15) is 10.4 Å². The SMILES string of the molecule is CCCC1NN=C(NC(=O)c2ccncc2-c2cc(C#N)ccc2OC)S1. The van der Waals surface area contributed by atoms with Crippen molar-refractivity contribution in [2.75, 3.05) is 7.11 Å². The summed E-state index contributed by atoms with van der Waals surface area (Å²) in [5.74, 6) is 0.273. The highest BCUT2D eigenvalue weighted by Crippen LogP contribution is 2.33. The van der Waals surface area contributed by atoms with Crippen LogP contribution in [-0.4, -0.2) is 28.5 Å². The minimum Gasteiger partial charge on any atom is -0.496 e. The van der Waals surface area contributed by atoms with Crippen LogP contribution in [0.2, 0.25) is 0 Å². The summed E-state index contributed by atoms with van der Waals surface area (Å²) in [6.07, 6.45) is 5.15. The van der Waals surface area contributed by atoms with Gasteiger partial charge in [-0.25, -0.2) is 0 Å². The molecule has 1 aliphatic heterocycles. The number of aromatic nitrogens is 1. The van der Waals surface area contributed by atoms with E-state index in [0.29, 0.717) is 33.2 Å². The zero-order valence-corrected chi connectivity index (χ0v) is 15.8. The van der Waals surface area contributed by atoms with Crippen molar-refractivity contribution >= 4 is 22.8 Å². The third-order valence-corrected chi connectivity index (χ3v) is 5.06. The summed E-state index contributed by atoms with van der Waals surface area (Å²) in [7, 11) is 1.55. The molecule has 0 saturated carbocycles. The fourth-order valence-electron chi connectivity index (χ4n) is 2.72. The van der Waals surface area contributed by atoms with Crippen LogP contribution in [0.1, 0.15) is 35.7 Å². The molecule has 8 heteroatoms. The molecule has 3 rings (SSSR count). The molecule has 2 N–H and O–H groups in total. The number of amides is 1. The van der Waals surface area contributed by atoms with Crippen LogP contribution in [0.3, 0.4) is 0 Å². The van der Waals surface area contributed by atoms with Gasteiger partial charge in [0.1, 0.15) is 5.75 Å². The fourth-order valence-corrected chi connectivity index (χ4v) is 3.71. The van der Waals surface area contributed by atoms with Crippen LogP contribution in [-0.2, 0) is 0 Å². The van der Waals surface area contributed by atoms with E-state index in [9.17, 15) is 10.1 Å². The lowest BCUT2D eigenvalue weighted by Gasteiger charge is -2.13. The van der Waals surface area contributed by atoms with E-state index in [1.165, 1.54) is 11.8 Å². The number of thioether (sulfide) groups is 1. The van der Waals surface area contributed by atoms with E-state index in [1.807, 2.05) is 0 Å². The quantitative estimate of drug-likeness (QED) is 0.826. The molecule has 1 aromatic heterocycles. The molecule has 1 amide bonds. The summed E-state index contributed by atoms with van der Waals surface area (Å²) in [5.41, 5.74) is 5.14. The van der Waals surface area contributed by atoms with Crippen LogP contribution < -0.4 is 15.5 Å². The van der Waals surface area contributed by atoms with Gasteiger partial charge in [0.25, 0.3) is 5.91 Å². The Morgan fingerprint density at radius 3 is 3.00 bits per heavy atom. The molecule has 0 spiro atoms. The lowest BCUT2D eigenvalue weighted by Crippen LogP contribution is -2.28. The Morgan fingerprint density at radius 2 is 2.26 bits per heavy atom. The number of pyridine rings is 1. The van der Waals surface area contributed by atoms with Gasteiger partial charge in [-0.15, -0.1) is 0 Å². The minimum atomic E-state index is -0.290. The first-order valence-corrected chi connectivity index (χ1v) is 9.38. The highest BCUT2D eigenvalue weighted by atomic mass is 32.2. The molecule has 1 atom stereocenters.